The number of carbonyl (C=O) groups is 4. The first-order chi connectivity index (χ1) is 13.2. The summed E-state index contributed by atoms with van der Waals surface area (Å²) in [7, 11) is 0. The van der Waals surface area contributed by atoms with Gasteiger partial charge in [-0.3, -0.25) is 14.4 Å². The summed E-state index contributed by atoms with van der Waals surface area (Å²) in [6.07, 6.45) is -5.26. The van der Waals surface area contributed by atoms with Gasteiger partial charge >= 0.3 is 17.9 Å². The van der Waals surface area contributed by atoms with Gasteiger partial charge in [0, 0.05) is 20.3 Å². The van der Waals surface area contributed by atoms with Gasteiger partial charge in [0.15, 0.2) is 29.2 Å². The van der Waals surface area contributed by atoms with Gasteiger partial charge in [-0.25, -0.2) is 4.79 Å². The molecule has 7 atom stereocenters. The summed E-state index contributed by atoms with van der Waals surface area (Å²) in [5.74, 6) is -4.43. The van der Waals surface area contributed by atoms with Crippen molar-refractivity contribution in [2.45, 2.75) is 76.2 Å². The molecule has 1 saturated carbocycles. The monoisotopic (exact) mass is 412 g/mol. The van der Waals surface area contributed by atoms with E-state index in [-0.39, 0.29) is 11.1 Å². The fraction of sp³-hybridized carbons (Fsp3) is 0.684. The number of ketones is 1. The number of Topliss-reactive ketones (excluding diaryl/α,β-unsaturated/α-hetero) is 1. The highest BCUT2D eigenvalue weighted by Crippen LogP contribution is 2.55. The second kappa shape index (κ2) is 6.35. The normalized spacial score (nSPS) is 44.0. The Morgan fingerprint density at radius 3 is 2.24 bits per heavy atom. The molecule has 10 heteroatoms. The maximum absolute atomic E-state index is 12.9. The third kappa shape index (κ3) is 2.73. The minimum atomic E-state index is -2.53. The number of aliphatic hydroxyl groups is 3. The number of rotatable bonds is 2. The standard InChI is InChI=1S/C19H24O10/c1-7-11-12(14(13(7)23)27-8(2)20)17(4,29-9(3)21)6-10(22)19(26)15(11)28-16(24)18(19,5)25/h10,12,14-15,22,25-26H,6H2,1-5H3/t10-,12?,14-,15-,17-,18+,19+/m0/s1. The number of aliphatic hydroxyl groups excluding tert-OH is 1. The summed E-state index contributed by atoms with van der Waals surface area (Å²) in [6, 6.07) is 0. The van der Waals surface area contributed by atoms with Crippen LogP contribution in [-0.2, 0) is 33.4 Å². The Morgan fingerprint density at radius 1 is 1.14 bits per heavy atom. The molecule has 1 saturated heterocycles. The highest BCUT2D eigenvalue weighted by Gasteiger charge is 2.74. The van der Waals surface area contributed by atoms with Crippen LogP contribution in [0.25, 0.3) is 0 Å². The van der Waals surface area contributed by atoms with E-state index in [0.717, 1.165) is 20.8 Å². The summed E-state index contributed by atoms with van der Waals surface area (Å²) < 4.78 is 15.9. The summed E-state index contributed by atoms with van der Waals surface area (Å²) >= 11 is 0. The summed E-state index contributed by atoms with van der Waals surface area (Å²) in [5.41, 5.74) is -6.57. The van der Waals surface area contributed by atoms with Crippen molar-refractivity contribution in [3.05, 3.63) is 11.1 Å². The molecule has 0 amide bonds. The third-order valence-corrected chi connectivity index (χ3v) is 6.22. The molecule has 10 nitrogen and oxygen atoms in total. The minimum Gasteiger partial charge on any atom is -0.459 e. The molecule has 2 fully saturated rings. The maximum atomic E-state index is 12.9. The van der Waals surface area contributed by atoms with Crippen molar-refractivity contribution in [3.8, 4) is 0 Å². The van der Waals surface area contributed by atoms with Crippen LogP contribution >= 0.6 is 0 Å². The Bertz CT molecular complexity index is 842. The van der Waals surface area contributed by atoms with E-state index in [0.29, 0.717) is 0 Å². The average Bonchev–Trinajstić information content (AvgIpc) is 2.88. The summed E-state index contributed by atoms with van der Waals surface area (Å²) in [5, 5.41) is 32.8. The molecule has 29 heavy (non-hydrogen) atoms. The van der Waals surface area contributed by atoms with Crippen molar-refractivity contribution in [2.24, 2.45) is 5.92 Å². The third-order valence-electron chi connectivity index (χ3n) is 6.22. The lowest BCUT2D eigenvalue weighted by molar-refractivity contribution is -0.197. The van der Waals surface area contributed by atoms with Gasteiger partial charge in [0.25, 0.3) is 0 Å². The van der Waals surface area contributed by atoms with Crippen LogP contribution in [0, 0.1) is 5.92 Å². The molecular weight excluding hydrogens is 388 g/mol. The fourth-order valence-corrected chi connectivity index (χ4v) is 4.84. The zero-order chi connectivity index (χ0) is 22.1. The van der Waals surface area contributed by atoms with Gasteiger partial charge in [-0.2, -0.15) is 0 Å². The van der Waals surface area contributed by atoms with E-state index in [1.807, 2.05) is 0 Å². The molecule has 160 valence electrons. The van der Waals surface area contributed by atoms with Gasteiger partial charge in [0.1, 0.15) is 5.60 Å². The predicted molar refractivity (Wildman–Crippen MR) is 93.0 cm³/mol. The van der Waals surface area contributed by atoms with Crippen molar-refractivity contribution in [2.75, 3.05) is 0 Å². The number of esters is 3. The number of hydrogen-bond donors (Lipinski definition) is 3. The Kier molecular flexibility index (Phi) is 4.69. The molecule has 0 bridgehead atoms. The van der Waals surface area contributed by atoms with E-state index in [1.54, 1.807) is 0 Å². The first-order valence-electron chi connectivity index (χ1n) is 9.14. The molecule has 3 rings (SSSR count). The summed E-state index contributed by atoms with van der Waals surface area (Å²) in [6.45, 7) is 6.04. The molecule has 3 N–H and O–H groups in total. The molecule has 2 aliphatic carbocycles. The van der Waals surface area contributed by atoms with E-state index in [2.05, 4.69) is 0 Å². The number of carbonyl (C=O) groups excluding carboxylic acids is 4. The lowest BCUT2D eigenvalue weighted by Gasteiger charge is -2.39. The lowest BCUT2D eigenvalue weighted by atomic mass is 9.75. The van der Waals surface area contributed by atoms with Crippen molar-refractivity contribution in [3.63, 3.8) is 0 Å². The zero-order valence-corrected chi connectivity index (χ0v) is 16.7. The summed E-state index contributed by atoms with van der Waals surface area (Å²) in [4.78, 5) is 48.6. The van der Waals surface area contributed by atoms with Gasteiger partial charge < -0.3 is 29.5 Å². The minimum absolute atomic E-state index is 0.0302. The molecular formula is C19H24O10. The topological polar surface area (TPSA) is 157 Å². The smallest absolute Gasteiger partial charge is 0.341 e. The van der Waals surface area contributed by atoms with Gasteiger partial charge in [-0.1, -0.05) is 0 Å². The molecule has 1 aliphatic heterocycles. The lowest BCUT2D eigenvalue weighted by Crippen LogP contribution is -2.63. The number of ether oxygens (including phenoxy) is 3. The van der Waals surface area contributed by atoms with Gasteiger partial charge in [0.2, 0.25) is 0 Å². The molecule has 0 aromatic rings. The van der Waals surface area contributed by atoms with Crippen molar-refractivity contribution in [1.29, 1.82) is 0 Å². The SMILES string of the molecule is CC(=O)O[C@@H]1C(=O)C(C)=C2C1[C@@](C)(OC(C)=O)C[C@H](O)[C@@]1(O)[C@H]2OC(=O)[C@@]1(C)O. The van der Waals surface area contributed by atoms with Crippen LogP contribution in [0.3, 0.4) is 0 Å². The van der Waals surface area contributed by atoms with Crippen LogP contribution in [0.4, 0.5) is 0 Å². The maximum Gasteiger partial charge on any atom is 0.341 e. The van der Waals surface area contributed by atoms with E-state index in [9.17, 15) is 34.5 Å². The van der Waals surface area contributed by atoms with E-state index in [4.69, 9.17) is 14.2 Å². The van der Waals surface area contributed by atoms with Crippen LogP contribution in [0.15, 0.2) is 11.1 Å². The van der Waals surface area contributed by atoms with Crippen LogP contribution < -0.4 is 0 Å². The van der Waals surface area contributed by atoms with Crippen molar-refractivity contribution < 1.29 is 48.7 Å². The first-order valence-corrected chi connectivity index (χ1v) is 9.14. The van der Waals surface area contributed by atoms with Gasteiger partial charge in [-0.15, -0.1) is 0 Å². The number of fused-ring (bicyclic) bond motifs is 3. The van der Waals surface area contributed by atoms with Gasteiger partial charge in [0.05, 0.1) is 12.0 Å². The van der Waals surface area contributed by atoms with Crippen LogP contribution in [-0.4, -0.2) is 74.1 Å². The van der Waals surface area contributed by atoms with Crippen LogP contribution in [0.2, 0.25) is 0 Å². The highest BCUT2D eigenvalue weighted by atomic mass is 16.6. The predicted octanol–water partition coefficient (Wildman–Crippen LogP) is -1.07. The molecule has 0 radical (unpaired) electrons. The second-order valence-corrected chi connectivity index (χ2v) is 8.26. The average molecular weight is 412 g/mol. The quantitative estimate of drug-likeness (QED) is 0.377. The van der Waals surface area contributed by atoms with Crippen LogP contribution in [0.5, 0.6) is 0 Å². The molecule has 1 unspecified atom stereocenters. The molecule has 0 aromatic carbocycles. The molecule has 0 aromatic heterocycles. The van der Waals surface area contributed by atoms with Gasteiger partial charge in [-0.05, 0) is 31.9 Å². The van der Waals surface area contributed by atoms with Crippen molar-refractivity contribution in [1.82, 2.24) is 0 Å². The van der Waals surface area contributed by atoms with Crippen molar-refractivity contribution >= 4 is 23.7 Å². The Labute approximate surface area is 166 Å². The van der Waals surface area contributed by atoms with E-state index < -0.39 is 71.1 Å². The zero-order valence-electron chi connectivity index (χ0n) is 16.7. The Balaban J connectivity index is 2.28. The Hall–Kier alpha value is -2.30. The molecule has 0 spiro atoms. The first kappa shape index (κ1) is 21.4. The second-order valence-electron chi connectivity index (χ2n) is 8.26. The molecule has 1 heterocycles. The van der Waals surface area contributed by atoms with Crippen LogP contribution in [0.1, 0.15) is 41.0 Å². The van der Waals surface area contributed by atoms with E-state index in [1.165, 1.54) is 13.8 Å². The highest BCUT2D eigenvalue weighted by molar-refractivity contribution is 6.04. The fourth-order valence-electron chi connectivity index (χ4n) is 4.84. The van der Waals surface area contributed by atoms with E-state index >= 15 is 0 Å². The Morgan fingerprint density at radius 2 is 1.72 bits per heavy atom. The largest absolute Gasteiger partial charge is 0.459 e. The molecule has 3 aliphatic rings. The number of hydrogen-bond acceptors (Lipinski definition) is 10.